The van der Waals surface area contributed by atoms with Crippen LogP contribution in [0.2, 0.25) is 0 Å². The Kier molecular flexibility index (Phi) is 4.20. The second-order valence-electron chi connectivity index (χ2n) is 4.26. The SMILES string of the molecule is CN(Cc1ccccc1CN)C(=O)c1cncnc1. The minimum absolute atomic E-state index is 0.104. The number of rotatable bonds is 4. The van der Waals surface area contributed by atoms with Crippen LogP contribution < -0.4 is 5.73 Å². The smallest absolute Gasteiger partial charge is 0.257 e. The normalized spacial score (nSPS) is 10.2. The maximum Gasteiger partial charge on any atom is 0.257 e. The Morgan fingerprint density at radius 3 is 2.47 bits per heavy atom. The largest absolute Gasteiger partial charge is 0.337 e. The van der Waals surface area contributed by atoms with E-state index in [2.05, 4.69) is 9.97 Å². The zero-order chi connectivity index (χ0) is 13.7. The van der Waals surface area contributed by atoms with Gasteiger partial charge in [-0.2, -0.15) is 0 Å². The number of carbonyl (C=O) groups is 1. The molecule has 0 saturated heterocycles. The summed E-state index contributed by atoms with van der Waals surface area (Å²) in [7, 11) is 1.75. The summed E-state index contributed by atoms with van der Waals surface area (Å²) in [5.74, 6) is -0.104. The number of amides is 1. The first kappa shape index (κ1) is 13.2. The number of nitrogens with two attached hydrogens (primary N) is 1. The summed E-state index contributed by atoms with van der Waals surface area (Å²) in [4.78, 5) is 21.5. The van der Waals surface area contributed by atoms with Gasteiger partial charge in [0.15, 0.2) is 0 Å². The van der Waals surface area contributed by atoms with Crippen LogP contribution in [0.3, 0.4) is 0 Å². The van der Waals surface area contributed by atoms with E-state index in [9.17, 15) is 4.79 Å². The van der Waals surface area contributed by atoms with E-state index < -0.39 is 0 Å². The molecule has 5 nitrogen and oxygen atoms in total. The Labute approximate surface area is 112 Å². The van der Waals surface area contributed by atoms with Crippen molar-refractivity contribution in [3.05, 3.63) is 59.7 Å². The van der Waals surface area contributed by atoms with Crippen LogP contribution >= 0.6 is 0 Å². The molecule has 0 aliphatic carbocycles. The van der Waals surface area contributed by atoms with Gasteiger partial charge in [0.25, 0.3) is 5.91 Å². The molecule has 0 fully saturated rings. The van der Waals surface area contributed by atoms with Gasteiger partial charge in [-0.1, -0.05) is 24.3 Å². The maximum absolute atomic E-state index is 12.2. The molecule has 0 aliphatic rings. The van der Waals surface area contributed by atoms with Crippen LogP contribution in [0.4, 0.5) is 0 Å². The van der Waals surface area contributed by atoms with Crippen molar-refractivity contribution in [1.29, 1.82) is 0 Å². The summed E-state index contributed by atoms with van der Waals surface area (Å²) in [5, 5.41) is 0. The van der Waals surface area contributed by atoms with Crippen LogP contribution in [-0.4, -0.2) is 27.8 Å². The fourth-order valence-electron chi connectivity index (χ4n) is 1.87. The first-order chi connectivity index (χ1) is 9.22. The van der Waals surface area contributed by atoms with E-state index in [0.29, 0.717) is 18.7 Å². The number of nitrogens with zero attached hydrogens (tertiary/aromatic N) is 3. The highest BCUT2D eigenvalue weighted by Crippen LogP contribution is 2.12. The Hall–Kier alpha value is -2.27. The van der Waals surface area contributed by atoms with Crippen molar-refractivity contribution >= 4 is 5.91 Å². The van der Waals surface area contributed by atoms with Crippen LogP contribution in [0.25, 0.3) is 0 Å². The number of aromatic nitrogens is 2. The molecule has 1 amide bonds. The molecule has 1 aromatic carbocycles. The molecule has 5 heteroatoms. The van der Waals surface area contributed by atoms with Gasteiger partial charge in [0.05, 0.1) is 5.56 Å². The molecule has 2 aromatic rings. The molecule has 0 saturated carbocycles. The van der Waals surface area contributed by atoms with E-state index in [-0.39, 0.29) is 5.91 Å². The van der Waals surface area contributed by atoms with Crippen molar-refractivity contribution in [1.82, 2.24) is 14.9 Å². The first-order valence-corrected chi connectivity index (χ1v) is 5.99. The van der Waals surface area contributed by atoms with Crippen LogP contribution in [0, 0.1) is 0 Å². The van der Waals surface area contributed by atoms with Gasteiger partial charge < -0.3 is 10.6 Å². The lowest BCUT2D eigenvalue weighted by Crippen LogP contribution is -2.27. The molecular formula is C14H16N4O. The summed E-state index contributed by atoms with van der Waals surface area (Å²) in [5.41, 5.74) is 8.27. The number of carbonyl (C=O) groups excluding carboxylic acids is 1. The molecule has 0 unspecified atom stereocenters. The molecule has 19 heavy (non-hydrogen) atoms. The van der Waals surface area contributed by atoms with Crippen molar-refractivity contribution < 1.29 is 4.79 Å². The van der Waals surface area contributed by atoms with Crippen LogP contribution in [0.5, 0.6) is 0 Å². The molecule has 2 N–H and O–H groups in total. The van der Waals surface area contributed by atoms with Gasteiger partial charge >= 0.3 is 0 Å². The van der Waals surface area contributed by atoms with Gasteiger partial charge in [0.1, 0.15) is 6.33 Å². The van der Waals surface area contributed by atoms with Crippen molar-refractivity contribution in [3.63, 3.8) is 0 Å². The second-order valence-corrected chi connectivity index (χ2v) is 4.26. The minimum atomic E-state index is -0.104. The lowest BCUT2D eigenvalue weighted by atomic mass is 10.1. The van der Waals surface area contributed by atoms with E-state index >= 15 is 0 Å². The van der Waals surface area contributed by atoms with E-state index in [4.69, 9.17) is 5.73 Å². The third kappa shape index (κ3) is 3.14. The summed E-state index contributed by atoms with van der Waals surface area (Å²) in [6.45, 7) is 0.980. The monoisotopic (exact) mass is 256 g/mol. The van der Waals surface area contributed by atoms with E-state index in [1.165, 1.54) is 18.7 Å². The molecule has 2 rings (SSSR count). The highest BCUT2D eigenvalue weighted by molar-refractivity contribution is 5.93. The van der Waals surface area contributed by atoms with Crippen LogP contribution in [0.1, 0.15) is 21.5 Å². The fraction of sp³-hybridized carbons (Fsp3) is 0.214. The first-order valence-electron chi connectivity index (χ1n) is 5.99. The van der Waals surface area contributed by atoms with Gasteiger partial charge in [-0.3, -0.25) is 4.79 Å². The highest BCUT2D eigenvalue weighted by atomic mass is 16.2. The molecule has 1 heterocycles. The number of hydrogen-bond donors (Lipinski definition) is 1. The molecule has 0 radical (unpaired) electrons. The second kappa shape index (κ2) is 6.06. The topological polar surface area (TPSA) is 72.1 Å². The van der Waals surface area contributed by atoms with E-state index in [1.54, 1.807) is 11.9 Å². The van der Waals surface area contributed by atoms with Crippen LogP contribution in [-0.2, 0) is 13.1 Å². The van der Waals surface area contributed by atoms with Crippen molar-refractivity contribution in [3.8, 4) is 0 Å². The molecule has 98 valence electrons. The van der Waals surface area contributed by atoms with Gasteiger partial charge in [-0.25, -0.2) is 9.97 Å². The lowest BCUT2D eigenvalue weighted by Gasteiger charge is -2.18. The predicted molar refractivity (Wildman–Crippen MR) is 72.2 cm³/mol. The summed E-state index contributed by atoms with van der Waals surface area (Å²) in [6.07, 6.45) is 4.43. The average Bonchev–Trinajstić information content (AvgIpc) is 2.48. The van der Waals surface area contributed by atoms with Crippen molar-refractivity contribution in [2.75, 3.05) is 7.05 Å². The van der Waals surface area contributed by atoms with Gasteiger partial charge in [-0.15, -0.1) is 0 Å². The van der Waals surface area contributed by atoms with Gasteiger partial charge in [0, 0.05) is 32.5 Å². The van der Waals surface area contributed by atoms with Crippen LogP contribution in [0.15, 0.2) is 43.0 Å². The van der Waals surface area contributed by atoms with E-state index in [1.807, 2.05) is 24.3 Å². The molecule has 0 bridgehead atoms. The predicted octanol–water partition coefficient (Wildman–Crippen LogP) is 1.21. The third-order valence-corrected chi connectivity index (χ3v) is 2.90. The van der Waals surface area contributed by atoms with Gasteiger partial charge in [-0.05, 0) is 11.1 Å². The third-order valence-electron chi connectivity index (χ3n) is 2.90. The Balaban J connectivity index is 2.13. The molecule has 0 aliphatic heterocycles. The standard InChI is InChI=1S/C14H16N4O/c1-18(14(19)13-7-16-10-17-8-13)9-12-5-3-2-4-11(12)6-15/h2-5,7-8,10H,6,9,15H2,1H3. The molecule has 0 spiro atoms. The fourth-order valence-corrected chi connectivity index (χ4v) is 1.87. The van der Waals surface area contributed by atoms with Crippen molar-refractivity contribution in [2.45, 2.75) is 13.1 Å². The Bertz CT molecular complexity index is 556. The highest BCUT2D eigenvalue weighted by Gasteiger charge is 2.13. The molecule has 0 atom stereocenters. The summed E-state index contributed by atoms with van der Waals surface area (Å²) >= 11 is 0. The zero-order valence-electron chi connectivity index (χ0n) is 10.8. The Morgan fingerprint density at radius 1 is 1.21 bits per heavy atom. The lowest BCUT2D eigenvalue weighted by molar-refractivity contribution is 0.0784. The van der Waals surface area contributed by atoms with Crippen molar-refractivity contribution in [2.24, 2.45) is 5.73 Å². The molecule has 1 aromatic heterocycles. The summed E-state index contributed by atoms with van der Waals surface area (Å²) in [6, 6.07) is 7.84. The zero-order valence-corrected chi connectivity index (χ0v) is 10.8. The minimum Gasteiger partial charge on any atom is -0.337 e. The molecular weight excluding hydrogens is 240 g/mol. The number of hydrogen-bond acceptors (Lipinski definition) is 4. The quantitative estimate of drug-likeness (QED) is 0.892. The summed E-state index contributed by atoms with van der Waals surface area (Å²) < 4.78 is 0. The maximum atomic E-state index is 12.2. The Morgan fingerprint density at radius 2 is 1.84 bits per heavy atom. The average molecular weight is 256 g/mol. The van der Waals surface area contributed by atoms with Gasteiger partial charge in [0.2, 0.25) is 0 Å². The van der Waals surface area contributed by atoms with E-state index in [0.717, 1.165) is 11.1 Å². The number of benzene rings is 1.